The minimum absolute atomic E-state index is 0.299. The molecule has 0 unspecified atom stereocenters. The molecule has 0 spiro atoms. The van der Waals surface area contributed by atoms with Gasteiger partial charge in [-0.15, -0.1) is 0 Å². The van der Waals surface area contributed by atoms with E-state index < -0.39 is 0 Å². The van der Waals surface area contributed by atoms with Gasteiger partial charge in [0.15, 0.2) is 0 Å². The molecule has 0 aromatic carbocycles. The Hall–Kier alpha value is -1.51. The van der Waals surface area contributed by atoms with Crippen molar-refractivity contribution in [2.24, 2.45) is 0 Å². The van der Waals surface area contributed by atoms with Gasteiger partial charge in [-0.1, -0.05) is 64.7 Å². The quantitative estimate of drug-likeness (QED) is 0.264. The average Bonchev–Trinajstić information content (AvgIpc) is 3.04. The summed E-state index contributed by atoms with van der Waals surface area (Å²) in [6.07, 6.45) is 17.4. The van der Waals surface area contributed by atoms with Crippen LogP contribution in [0.5, 0.6) is 0 Å². The van der Waals surface area contributed by atoms with Gasteiger partial charge in [0.05, 0.1) is 12.9 Å². The van der Waals surface area contributed by atoms with Crippen LogP contribution in [0.15, 0.2) is 28.9 Å². The van der Waals surface area contributed by atoms with Crippen molar-refractivity contribution in [3.8, 4) is 0 Å². The van der Waals surface area contributed by atoms with E-state index in [9.17, 15) is 4.79 Å². The fourth-order valence-electron chi connectivity index (χ4n) is 2.35. The van der Waals surface area contributed by atoms with E-state index in [-0.39, 0.29) is 5.97 Å². The van der Waals surface area contributed by atoms with Gasteiger partial charge in [0.1, 0.15) is 5.76 Å². The van der Waals surface area contributed by atoms with Crippen molar-refractivity contribution in [1.29, 1.82) is 0 Å². The van der Waals surface area contributed by atoms with Gasteiger partial charge in [-0.05, 0) is 24.6 Å². The van der Waals surface area contributed by atoms with Crippen LogP contribution in [0, 0.1) is 0 Å². The second-order valence-corrected chi connectivity index (χ2v) is 5.70. The van der Waals surface area contributed by atoms with Crippen LogP contribution in [-0.4, -0.2) is 12.6 Å². The third-order valence-corrected chi connectivity index (χ3v) is 3.67. The highest BCUT2D eigenvalue weighted by Crippen LogP contribution is 2.10. The highest BCUT2D eigenvalue weighted by molar-refractivity contribution is 5.86. The molecule has 0 amide bonds. The smallest absolute Gasteiger partial charge is 0.330 e. The normalized spacial score (nSPS) is 11.1. The van der Waals surface area contributed by atoms with E-state index in [2.05, 4.69) is 6.92 Å². The molecule has 0 saturated carbocycles. The van der Waals surface area contributed by atoms with Gasteiger partial charge < -0.3 is 9.15 Å². The maximum absolute atomic E-state index is 11.4. The molecule has 0 fully saturated rings. The lowest BCUT2D eigenvalue weighted by atomic mass is 10.1. The van der Waals surface area contributed by atoms with Gasteiger partial charge in [-0.2, -0.15) is 0 Å². The van der Waals surface area contributed by atoms with Crippen molar-refractivity contribution in [2.75, 3.05) is 6.61 Å². The van der Waals surface area contributed by atoms with E-state index in [0.29, 0.717) is 12.4 Å². The maximum Gasteiger partial charge on any atom is 0.330 e. The molecule has 1 heterocycles. The Morgan fingerprint density at radius 2 is 1.68 bits per heavy atom. The molecule has 3 heteroatoms. The number of hydrogen-bond donors (Lipinski definition) is 0. The zero-order valence-electron chi connectivity index (χ0n) is 13.9. The SMILES string of the molecule is CCCCCCCCCCCCOC(=O)C=Cc1ccco1. The topological polar surface area (TPSA) is 39.4 Å². The van der Waals surface area contributed by atoms with Crippen molar-refractivity contribution in [3.63, 3.8) is 0 Å². The molecule has 0 aliphatic heterocycles. The molecular weight excluding hydrogens is 276 g/mol. The van der Waals surface area contributed by atoms with Gasteiger partial charge in [-0.3, -0.25) is 0 Å². The number of carbonyl (C=O) groups excluding carboxylic acids is 1. The minimum atomic E-state index is -0.299. The molecular formula is C19H30O3. The summed E-state index contributed by atoms with van der Waals surface area (Å²) in [5.74, 6) is 0.364. The van der Waals surface area contributed by atoms with Crippen molar-refractivity contribution >= 4 is 12.0 Å². The van der Waals surface area contributed by atoms with Gasteiger partial charge in [0, 0.05) is 6.08 Å². The Balaban J connectivity index is 1.86. The number of esters is 1. The fraction of sp³-hybridized carbons (Fsp3) is 0.632. The van der Waals surface area contributed by atoms with Crippen molar-refractivity contribution in [1.82, 2.24) is 0 Å². The summed E-state index contributed by atoms with van der Waals surface area (Å²) in [5, 5.41) is 0. The third-order valence-electron chi connectivity index (χ3n) is 3.67. The standard InChI is InChI=1S/C19H30O3/c1-2-3-4-5-6-7-8-9-10-11-16-22-19(20)15-14-18-13-12-17-21-18/h12-15,17H,2-11,16H2,1H3. The van der Waals surface area contributed by atoms with Crippen molar-refractivity contribution < 1.29 is 13.9 Å². The predicted molar refractivity (Wildman–Crippen MR) is 90.5 cm³/mol. The van der Waals surface area contributed by atoms with Crippen LogP contribution in [0.25, 0.3) is 6.08 Å². The Morgan fingerprint density at radius 3 is 2.27 bits per heavy atom. The van der Waals surface area contributed by atoms with Gasteiger partial charge in [-0.25, -0.2) is 4.79 Å². The van der Waals surface area contributed by atoms with Crippen LogP contribution in [0.3, 0.4) is 0 Å². The van der Waals surface area contributed by atoms with Crippen LogP contribution in [0.1, 0.15) is 76.9 Å². The second kappa shape index (κ2) is 13.2. The monoisotopic (exact) mass is 306 g/mol. The highest BCUT2D eigenvalue weighted by atomic mass is 16.5. The first-order valence-electron chi connectivity index (χ1n) is 8.71. The Kier molecular flexibility index (Phi) is 11.1. The molecule has 0 aliphatic carbocycles. The summed E-state index contributed by atoms with van der Waals surface area (Å²) in [4.78, 5) is 11.4. The van der Waals surface area contributed by atoms with Crippen molar-refractivity contribution in [3.05, 3.63) is 30.2 Å². The molecule has 1 aromatic rings. The van der Waals surface area contributed by atoms with Crippen LogP contribution in [0.4, 0.5) is 0 Å². The van der Waals surface area contributed by atoms with E-state index in [1.165, 1.54) is 57.4 Å². The number of unbranched alkanes of at least 4 members (excludes halogenated alkanes) is 9. The molecule has 124 valence electrons. The first kappa shape index (κ1) is 18.5. The number of rotatable bonds is 13. The molecule has 3 nitrogen and oxygen atoms in total. The molecule has 1 rings (SSSR count). The maximum atomic E-state index is 11.4. The predicted octanol–water partition coefficient (Wildman–Crippen LogP) is 5.76. The van der Waals surface area contributed by atoms with Gasteiger partial charge >= 0.3 is 5.97 Å². The molecule has 22 heavy (non-hydrogen) atoms. The van der Waals surface area contributed by atoms with E-state index in [1.807, 2.05) is 0 Å². The Labute approximate surface area is 134 Å². The summed E-state index contributed by atoms with van der Waals surface area (Å²) in [5.41, 5.74) is 0. The zero-order valence-corrected chi connectivity index (χ0v) is 13.9. The van der Waals surface area contributed by atoms with Crippen LogP contribution in [-0.2, 0) is 9.53 Å². The Bertz CT molecular complexity index is 393. The molecule has 0 bridgehead atoms. The summed E-state index contributed by atoms with van der Waals surface area (Å²) in [7, 11) is 0. The Morgan fingerprint density at radius 1 is 1.05 bits per heavy atom. The molecule has 0 N–H and O–H groups in total. The molecule has 0 radical (unpaired) electrons. The van der Waals surface area contributed by atoms with Crippen LogP contribution < -0.4 is 0 Å². The number of ether oxygens (including phenoxy) is 1. The zero-order chi connectivity index (χ0) is 15.9. The summed E-state index contributed by atoms with van der Waals surface area (Å²) in [6.45, 7) is 2.76. The lowest BCUT2D eigenvalue weighted by Gasteiger charge is -2.03. The van der Waals surface area contributed by atoms with E-state index in [1.54, 1.807) is 24.5 Å². The lowest BCUT2D eigenvalue weighted by molar-refractivity contribution is -0.137. The van der Waals surface area contributed by atoms with E-state index in [4.69, 9.17) is 9.15 Å². The van der Waals surface area contributed by atoms with Gasteiger partial charge in [0.2, 0.25) is 0 Å². The second-order valence-electron chi connectivity index (χ2n) is 5.70. The summed E-state index contributed by atoms with van der Waals surface area (Å²) in [6, 6.07) is 3.58. The van der Waals surface area contributed by atoms with Crippen LogP contribution in [0.2, 0.25) is 0 Å². The number of furan rings is 1. The van der Waals surface area contributed by atoms with Gasteiger partial charge in [0.25, 0.3) is 0 Å². The first-order chi connectivity index (χ1) is 10.8. The average molecular weight is 306 g/mol. The van der Waals surface area contributed by atoms with E-state index in [0.717, 1.165) is 12.8 Å². The molecule has 0 aliphatic rings. The fourth-order valence-corrected chi connectivity index (χ4v) is 2.35. The summed E-state index contributed by atoms with van der Waals surface area (Å²) >= 11 is 0. The molecule has 0 atom stereocenters. The lowest BCUT2D eigenvalue weighted by Crippen LogP contribution is -2.02. The summed E-state index contributed by atoms with van der Waals surface area (Å²) < 4.78 is 10.2. The van der Waals surface area contributed by atoms with E-state index >= 15 is 0 Å². The molecule has 1 aromatic heterocycles. The molecule has 0 saturated heterocycles. The third kappa shape index (κ3) is 10.3. The first-order valence-corrected chi connectivity index (χ1v) is 8.71. The number of hydrogen-bond acceptors (Lipinski definition) is 3. The largest absolute Gasteiger partial charge is 0.465 e. The van der Waals surface area contributed by atoms with Crippen molar-refractivity contribution in [2.45, 2.75) is 71.1 Å². The minimum Gasteiger partial charge on any atom is -0.465 e. The van der Waals surface area contributed by atoms with Crippen LogP contribution >= 0.6 is 0 Å². The highest BCUT2D eigenvalue weighted by Gasteiger charge is 1.98. The number of carbonyl (C=O) groups is 1.